The van der Waals surface area contributed by atoms with Gasteiger partial charge in [-0.2, -0.15) is 11.8 Å². The average Bonchev–Trinajstić information content (AvgIpc) is 2.54. The number of benzene rings is 2. The second kappa shape index (κ2) is 7.61. The van der Waals surface area contributed by atoms with Crippen molar-refractivity contribution in [1.29, 1.82) is 0 Å². The molecular formula is C16H20N2O5S2. The van der Waals surface area contributed by atoms with Gasteiger partial charge in [0, 0.05) is 36.4 Å². The van der Waals surface area contributed by atoms with Gasteiger partial charge in [-0.05, 0) is 23.8 Å². The highest BCUT2D eigenvalue weighted by Gasteiger charge is 2.21. The highest BCUT2D eigenvalue weighted by Crippen LogP contribution is 2.32. The van der Waals surface area contributed by atoms with E-state index in [4.69, 9.17) is 10.8 Å². The Morgan fingerprint density at radius 3 is 2.52 bits per heavy atom. The van der Waals surface area contributed by atoms with E-state index in [9.17, 15) is 18.3 Å². The summed E-state index contributed by atoms with van der Waals surface area (Å²) in [5.74, 6) is -0.306. The molecule has 0 amide bonds. The molecule has 0 fully saturated rings. The zero-order valence-corrected chi connectivity index (χ0v) is 15.5. The third-order valence-electron chi connectivity index (χ3n) is 3.66. The Bertz CT molecular complexity index is 897. The zero-order valence-electron chi connectivity index (χ0n) is 13.8. The van der Waals surface area contributed by atoms with Gasteiger partial charge in [0.1, 0.15) is 11.8 Å². The molecule has 4 N–H and O–H groups in total. The van der Waals surface area contributed by atoms with Gasteiger partial charge >= 0.3 is 5.97 Å². The van der Waals surface area contributed by atoms with Gasteiger partial charge in [-0.1, -0.05) is 12.1 Å². The van der Waals surface area contributed by atoms with E-state index in [1.54, 1.807) is 18.2 Å². The quantitative estimate of drug-likeness (QED) is 0.660. The number of phenolic OH excluding ortho intramolecular Hbond substituents is 1. The number of nitrogens with two attached hydrogens (primary N) is 1. The molecule has 1 unspecified atom stereocenters. The number of sulfonamides is 1. The smallest absolute Gasteiger partial charge is 0.321 e. The van der Waals surface area contributed by atoms with Crippen molar-refractivity contribution in [3.05, 3.63) is 35.9 Å². The molecule has 2 rings (SSSR count). The molecule has 0 aliphatic rings. The van der Waals surface area contributed by atoms with Crippen molar-refractivity contribution in [2.75, 3.05) is 19.8 Å². The molecule has 0 aromatic heterocycles. The molecule has 9 heteroatoms. The number of aromatic hydroxyl groups is 1. The first-order chi connectivity index (χ1) is 11.6. The van der Waals surface area contributed by atoms with Crippen LogP contribution in [0, 0.1) is 0 Å². The SMILES string of the molecule is CN(C)S(=O)(=O)c1ccc(O)c2cc(CSCC(N)C(=O)O)ccc12. The molecule has 2 aromatic carbocycles. The molecule has 0 radical (unpaired) electrons. The van der Waals surface area contributed by atoms with Crippen LogP contribution in [-0.4, -0.2) is 54.8 Å². The Labute approximate surface area is 150 Å². The Balaban J connectivity index is 2.35. The maximum absolute atomic E-state index is 12.4. The molecule has 136 valence electrons. The topological polar surface area (TPSA) is 121 Å². The Hall–Kier alpha value is -1.81. The minimum atomic E-state index is -3.64. The molecule has 1 atom stereocenters. The lowest BCUT2D eigenvalue weighted by Gasteiger charge is -2.15. The number of aliphatic carboxylic acids is 1. The first-order valence-electron chi connectivity index (χ1n) is 7.38. The van der Waals surface area contributed by atoms with Crippen LogP contribution in [0.4, 0.5) is 0 Å². The lowest BCUT2D eigenvalue weighted by Crippen LogP contribution is -2.32. The molecule has 0 aliphatic heterocycles. The predicted molar refractivity (Wildman–Crippen MR) is 98.3 cm³/mol. The molecule has 0 heterocycles. The van der Waals surface area contributed by atoms with Crippen molar-refractivity contribution < 1.29 is 23.4 Å². The molecule has 0 saturated carbocycles. The van der Waals surface area contributed by atoms with Crippen LogP contribution in [0.2, 0.25) is 0 Å². The van der Waals surface area contributed by atoms with E-state index in [1.807, 2.05) is 0 Å². The van der Waals surface area contributed by atoms with Crippen molar-refractivity contribution in [2.45, 2.75) is 16.7 Å². The maximum atomic E-state index is 12.4. The lowest BCUT2D eigenvalue weighted by molar-refractivity contribution is -0.137. The van der Waals surface area contributed by atoms with Crippen molar-refractivity contribution >= 4 is 38.5 Å². The number of hydrogen-bond donors (Lipinski definition) is 3. The number of carboxylic acid groups (broad SMARTS) is 1. The third-order valence-corrected chi connectivity index (χ3v) is 6.67. The van der Waals surface area contributed by atoms with Gasteiger partial charge in [-0.25, -0.2) is 12.7 Å². The highest BCUT2D eigenvalue weighted by atomic mass is 32.2. The van der Waals surface area contributed by atoms with Crippen LogP contribution in [0.15, 0.2) is 35.2 Å². The number of thioether (sulfide) groups is 1. The monoisotopic (exact) mass is 384 g/mol. The molecular weight excluding hydrogens is 364 g/mol. The van der Waals surface area contributed by atoms with E-state index >= 15 is 0 Å². The van der Waals surface area contributed by atoms with Crippen molar-refractivity contribution in [3.8, 4) is 5.75 Å². The van der Waals surface area contributed by atoms with Gasteiger partial charge < -0.3 is 15.9 Å². The van der Waals surface area contributed by atoms with E-state index in [0.717, 1.165) is 9.87 Å². The number of rotatable bonds is 7. The summed E-state index contributed by atoms with van der Waals surface area (Å²) in [5, 5.41) is 19.7. The second-order valence-corrected chi connectivity index (χ2v) is 8.86. The van der Waals surface area contributed by atoms with Crippen molar-refractivity contribution in [2.24, 2.45) is 5.73 Å². The predicted octanol–water partition coefficient (Wildman–Crippen LogP) is 1.44. The van der Waals surface area contributed by atoms with Gasteiger partial charge in [-0.15, -0.1) is 0 Å². The van der Waals surface area contributed by atoms with Crippen LogP contribution < -0.4 is 5.73 Å². The molecule has 25 heavy (non-hydrogen) atoms. The summed E-state index contributed by atoms with van der Waals surface area (Å²) in [7, 11) is -0.737. The summed E-state index contributed by atoms with van der Waals surface area (Å²) in [4.78, 5) is 10.8. The second-order valence-electron chi connectivity index (χ2n) is 5.71. The Morgan fingerprint density at radius 2 is 1.92 bits per heavy atom. The van der Waals surface area contributed by atoms with Crippen molar-refractivity contribution in [1.82, 2.24) is 4.31 Å². The van der Waals surface area contributed by atoms with Crippen LogP contribution in [0.1, 0.15) is 5.56 Å². The fourth-order valence-electron chi connectivity index (χ4n) is 2.24. The van der Waals surface area contributed by atoms with E-state index in [-0.39, 0.29) is 16.4 Å². The summed E-state index contributed by atoms with van der Waals surface area (Å²) in [5.41, 5.74) is 6.30. The summed E-state index contributed by atoms with van der Waals surface area (Å²) in [6, 6.07) is 6.92. The van der Waals surface area contributed by atoms with E-state index in [1.165, 1.54) is 38.0 Å². The van der Waals surface area contributed by atoms with E-state index in [0.29, 0.717) is 16.5 Å². The van der Waals surface area contributed by atoms with Gasteiger partial charge in [0.2, 0.25) is 10.0 Å². The molecule has 0 spiro atoms. The molecule has 0 saturated heterocycles. The average molecular weight is 384 g/mol. The number of carboxylic acids is 1. The standard InChI is InChI=1S/C16H20N2O5S2/c1-18(2)25(22,23)15-6-5-14(19)12-7-10(3-4-11(12)15)8-24-9-13(17)16(20)21/h3-7,13,19H,8-9,17H2,1-2H3,(H,20,21). The van der Waals surface area contributed by atoms with E-state index < -0.39 is 22.0 Å². The van der Waals surface area contributed by atoms with Crippen LogP contribution in [0.5, 0.6) is 5.75 Å². The summed E-state index contributed by atoms with van der Waals surface area (Å²) in [6.45, 7) is 0. The summed E-state index contributed by atoms with van der Waals surface area (Å²) < 4.78 is 26.0. The third kappa shape index (κ3) is 4.24. The van der Waals surface area contributed by atoms with Crippen LogP contribution in [-0.2, 0) is 20.6 Å². The largest absolute Gasteiger partial charge is 0.507 e. The van der Waals surface area contributed by atoms with Crippen LogP contribution in [0.3, 0.4) is 0 Å². The first kappa shape index (κ1) is 19.5. The number of carbonyl (C=O) groups is 1. The lowest BCUT2D eigenvalue weighted by atomic mass is 10.1. The minimum Gasteiger partial charge on any atom is -0.507 e. The van der Waals surface area contributed by atoms with Gasteiger partial charge in [0.15, 0.2) is 0 Å². The van der Waals surface area contributed by atoms with Gasteiger partial charge in [0.25, 0.3) is 0 Å². The minimum absolute atomic E-state index is 0.0122. The number of hydrogen-bond acceptors (Lipinski definition) is 6. The zero-order chi connectivity index (χ0) is 18.8. The number of nitrogens with zero attached hydrogens (tertiary/aromatic N) is 1. The molecule has 0 aliphatic carbocycles. The highest BCUT2D eigenvalue weighted by molar-refractivity contribution is 7.98. The number of phenols is 1. The molecule has 0 bridgehead atoms. The van der Waals surface area contributed by atoms with Crippen LogP contribution >= 0.6 is 11.8 Å². The Kier molecular flexibility index (Phi) is 5.94. The summed E-state index contributed by atoms with van der Waals surface area (Å²) in [6.07, 6.45) is 0. The fourth-order valence-corrected chi connectivity index (χ4v) is 4.26. The van der Waals surface area contributed by atoms with Crippen molar-refractivity contribution in [3.63, 3.8) is 0 Å². The van der Waals surface area contributed by atoms with Gasteiger partial charge in [-0.3, -0.25) is 4.79 Å². The number of fused-ring (bicyclic) bond motifs is 1. The van der Waals surface area contributed by atoms with E-state index in [2.05, 4.69) is 0 Å². The van der Waals surface area contributed by atoms with Crippen LogP contribution in [0.25, 0.3) is 10.8 Å². The fraction of sp³-hybridized carbons (Fsp3) is 0.312. The first-order valence-corrected chi connectivity index (χ1v) is 9.97. The normalized spacial score (nSPS) is 13.3. The Morgan fingerprint density at radius 1 is 1.24 bits per heavy atom. The maximum Gasteiger partial charge on any atom is 0.321 e. The molecule has 7 nitrogen and oxygen atoms in total. The van der Waals surface area contributed by atoms with Gasteiger partial charge in [0.05, 0.1) is 4.90 Å². The summed E-state index contributed by atoms with van der Waals surface area (Å²) >= 11 is 1.36. The molecule has 2 aromatic rings.